The van der Waals surface area contributed by atoms with Gasteiger partial charge in [-0.05, 0) is 0 Å². The van der Waals surface area contributed by atoms with E-state index in [1.54, 1.807) is 4.98 Å². The second kappa shape index (κ2) is 7.81. The van der Waals surface area contributed by atoms with E-state index in [4.69, 9.17) is 24.2 Å². The minimum absolute atomic E-state index is 0.0272. The predicted octanol–water partition coefficient (Wildman–Crippen LogP) is -0.924. The highest BCUT2D eigenvalue weighted by atomic mass is 31.3. The topological polar surface area (TPSA) is 233 Å². The van der Waals surface area contributed by atoms with E-state index in [2.05, 4.69) is 13.1 Å². The van der Waals surface area contributed by atoms with Crippen LogP contribution in [-0.4, -0.2) is 54.0 Å². The first-order valence-electron chi connectivity index (χ1n) is 7.69. The number of halogens is 1. The van der Waals surface area contributed by atoms with E-state index in [0.717, 1.165) is 0 Å². The molecule has 0 saturated carbocycles. The normalized spacial score (nSPS) is 30.2. The Bertz CT molecular complexity index is 1100. The molecule has 2 bridgehead atoms. The van der Waals surface area contributed by atoms with Gasteiger partial charge in [0.2, 0.25) is 5.82 Å². The summed E-state index contributed by atoms with van der Waals surface area (Å²) in [7, 11) is -16.6. The molecule has 3 rings (SSSR count). The number of aromatic amines is 1. The van der Waals surface area contributed by atoms with E-state index >= 15 is 0 Å². The van der Waals surface area contributed by atoms with Gasteiger partial charge in [-0.3, -0.25) is 18.9 Å². The second-order valence-electron chi connectivity index (χ2n) is 6.25. The van der Waals surface area contributed by atoms with Crippen LogP contribution in [0.4, 0.5) is 4.39 Å². The van der Waals surface area contributed by atoms with Gasteiger partial charge in [-0.2, -0.15) is 13.0 Å². The Hall–Kier alpha value is -1.06. The molecule has 5 atom stereocenters. The molecule has 3 heterocycles. The summed E-state index contributed by atoms with van der Waals surface area (Å²) < 4.78 is 70.6. The van der Waals surface area contributed by atoms with Crippen molar-refractivity contribution in [1.82, 2.24) is 9.55 Å². The lowest BCUT2D eigenvalue weighted by Crippen LogP contribution is -2.43. The zero-order valence-electron chi connectivity index (χ0n) is 14.4. The summed E-state index contributed by atoms with van der Waals surface area (Å²) in [5.74, 6) is -1.27. The van der Waals surface area contributed by atoms with E-state index in [-0.39, 0.29) is 13.0 Å². The third kappa shape index (κ3) is 5.40. The van der Waals surface area contributed by atoms with Gasteiger partial charge in [0, 0.05) is 6.42 Å². The average molecular weight is 498 g/mol. The molecular weight excluding hydrogens is 484 g/mol. The quantitative estimate of drug-likeness (QED) is 0.273. The number of nitrogens with one attached hydrogen (secondary N) is 1. The molecule has 5 N–H and O–H groups in total. The van der Waals surface area contributed by atoms with Gasteiger partial charge in [-0.15, -0.1) is 0 Å². The molecule has 0 radical (unpaired) electrons. The summed E-state index contributed by atoms with van der Waals surface area (Å²) in [6.07, 6.45) is -1.51. The molecule has 16 nitrogen and oxygen atoms in total. The third-order valence-corrected chi connectivity index (χ3v) is 7.71. The Morgan fingerprint density at radius 2 is 1.87 bits per heavy atom. The minimum Gasteiger partial charge on any atom is -0.370 e. The number of H-pyrrole nitrogens is 1. The van der Waals surface area contributed by atoms with Crippen molar-refractivity contribution in [2.24, 2.45) is 0 Å². The van der Waals surface area contributed by atoms with Gasteiger partial charge in [0.15, 0.2) is 6.23 Å². The fourth-order valence-corrected chi connectivity index (χ4v) is 5.96. The van der Waals surface area contributed by atoms with Gasteiger partial charge in [-0.1, -0.05) is 0 Å². The molecule has 0 aromatic carbocycles. The lowest BCUT2D eigenvalue weighted by molar-refractivity contribution is -0.183. The number of hydrogen-bond donors (Lipinski definition) is 5. The number of phosphoric acid groups is 3. The molecule has 20 heteroatoms. The van der Waals surface area contributed by atoms with Gasteiger partial charge < -0.3 is 29.0 Å². The Morgan fingerprint density at radius 1 is 1.20 bits per heavy atom. The average Bonchev–Trinajstić information content (AvgIpc) is 3.12. The van der Waals surface area contributed by atoms with Crippen LogP contribution in [0.3, 0.4) is 0 Å². The summed E-state index contributed by atoms with van der Waals surface area (Å²) in [6.45, 7) is -1.02. The van der Waals surface area contributed by atoms with E-state index in [0.29, 0.717) is 10.8 Å². The molecule has 0 amide bonds. The Balaban J connectivity index is 1.70. The molecule has 2 aliphatic rings. The number of ether oxygens (including phenoxy) is 2. The zero-order valence-corrected chi connectivity index (χ0v) is 17.1. The Labute approximate surface area is 164 Å². The highest BCUT2D eigenvalue weighted by molar-refractivity contribution is 7.66. The van der Waals surface area contributed by atoms with Crippen LogP contribution < -0.4 is 11.2 Å². The summed E-state index contributed by atoms with van der Waals surface area (Å²) >= 11 is 0. The highest BCUT2D eigenvalue weighted by Gasteiger charge is 2.56. The van der Waals surface area contributed by atoms with Gasteiger partial charge in [0.05, 0.1) is 19.4 Å². The number of rotatable bonds is 8. The van der Waals surface area contributed by atoms with Crippen molar-refractivity contribution in [3.05, 3.63) is 32.9 Å². The van der Waals surface area contributed by atoms with Gasteiger partial charge in [-0.25, -0.2) is 18.5 Å². The molecule has 30 heavy (non-hydrogen) atoms. The van der Waals surface area contributed by atoms with Crippen molar-refractivity contribution in [2.75, 3.05) is 13.2 Å². The van der Waals surface area contributed by atoms with E-state index in [1.807, 2.05) is 0 Å². The monoisotopic (exact) mass is 498 g/mol. The Kier molecular flexibility index (Phi) is 6.15. The molecular formula is C10H14FN2O14P3. The summed E-state index contributed by atoms with van der Waals surface area (Å²) in [5, 5.41) is 0. The predicted molar refractivity (Wildman–Crippen MR) is 88.3 cm³/mol. The first kappa shape index (κ1) is 23.6. The van der Waals surface area contributed by atoms with Crippen LogP contribution in [-0.2, 0) is 36.3 Å². The summed E-state index contributed by atoms with van der Waals surface area (Å²) in [5.41, 5.74) is -3.72. The summed E-state index contributed by atoms with van der Waals surface area (Å²) in [4.78, 5) is 60.4. The van der Waals surface area contributed by atoms with Crippen molar-refractivity contribution in [3.63, 3.8) is 0 Å². The molecule has 2 aliphatic heterocycles. The zero-order chi connectivity index (χ0) is 22.5. The fourth-order valence-electron chi connectivity index (χ4n) is 2.86. The van der Waals surface area contributed by atoms with Crippen LogP contribution in [0, 0.1) is 5.82 Å². The van der Waals surface area contributed by atoms with E-state index in [1.165, 1.54) is 0 Å². The Morgan fingerprint density at radius 3 is 2.50 bits per heavy atom. The lowest BCUT2D eigenvalue weighted by atomic mass is 10.0. The lowest BCUT2D eigenvalue weighted by Gasteiger charge is -2.31. The number of nitrogens with zero attached hydrogens (tertiary/aromatic N) is 1. The molecule has 2 saturated heterocycles. The van der Waals surface area contributed by atoms with Crippen LogP contribution >= 0.6 is 23.5 Å². The van der Waals surface area contributed by atoms with Crippen LogP contribution in [0.15, 0.2) is 15.8 Å². The van der Waals surface area contributed by atoms with E-state index < -0.39 is 65.1 Å². The van der Waals surface area contributed by atoms with Crippen molar-refractivity contribution < 1.29 is 60.3 Å². The first-order chi connectivity index (χ1) is 13.6. The maximum atomic E-state index is 13.5. The van der Waals surface area contributed by atoms with Crippen molar-refractivity contribution in [1.29, 1.82) is 0 Å². The van der Waals surface area contributed by atoms with Crippen molar-refractivity contribution in [2.45, 2.75) is 24.4 Å². The maximum absolute atomic E-state index is 13.5. The molecule has 0 aliphatic carbocycles. The van der Waals surface area contributed by atoms with Crippen LogP contribution in [0.2, 0.25) is 0 Å². The molecule has 0 spiro atoms. The first-order valence-corrected chi connectivity index (χ1v) is 12.2. The molecule has 170 valence electrons. The number of fused-ring (bicyclic) bond motifs is 2. The third-order valence-electron chi connectivity index (χ3n) is 3.93. The molecule has 2 unspecified atom stereocenters. The fraction of sp³-hybridized carbons (Fsp3) is 0.600. The summed E-state index contributed by atoms with van der Waals surface area (Å²) in [6, 6.07) is 0. The standard InChI is InChI=1S/C10H14FN2O14P3/c11-5-2-13(9(15)12-7(5)14)8-6-1-10(25-8,3-23-6)4-24-29(19,20)27-30(21,22)26-28(16,17)18/h2,6,8H,1,3-4H2,(H,19,20)(H,21,22)(H,12,14,15)(H2,16,17,18)/t6-,8-,10-/m1/s1. The number of phosphoric ester groups is 1. The van der Waals surface area contributed by atoms with Gasteiger partial charge >= 0.3 is 29.2 Å². The number of aromatic nitrogens is 2. The van der Waals surface area contributed by atoms with E-state index in [9.17, 15) is 32.6 Å². The van der Waals surface area contributed by atoms with Crippen LogP contribution in [0.5, 0.6) is 0 Å². The minimum atomic E-state index is -5.69. The maximum Gasteiger partial charge on any atom is 0.490 e. The smallest absolute Gasteiger partial charge is 0.370 e. The molecule has 1 aromatic heterocycles. The highest BCUT2D eigenvalue weighted by Crippen LogP contribution is 2.66. The molecule has 2 fully saturated rings. The second-order valence-corrected chi connectivity index (χ2v) is 10.7. The van der Waals surface area contributed by atoms with Crippen molar-refractivity contribution >= 4 is 23.5 Å². The largest absolute Gasteiger partial charge is 0.490 e. The SMILES string of the molecule is O=c1[nH]c(=O)n([C@@H]2O[C@@]3(COP(=O)(O)OP(=O)(O)OP(=O)(O)O)CO[C@@H]2C3)cc1F. The van der Waals surface area contributed by atoms with Crippen LogP contribution in [0.25, 0.3) is 0 Å². The van der Waals surface area contributed by atoms with Crippen LogP contribution in [0.1, 0.15) is 12.6 Å². The van der Waals surface area contributed by atoms with Crippen molar-refractivity contribution in [3.8, 4) is 0 Å². The van der Waals surface area contributed by atoms with Gasteiger partial charge in [0.25, 0.3) is 5.56 Å². The van der Waals surface area contributed by atoms with Gasteiger partial charge in [0.1, 0.15) is 11.7 Å². The molecule has 1 aromatic rings. The number of hydrogen-bond acceptors (Lipinski definition) is 10.